The van der Waals surface area contributed by atoms with Crippen LogP contribution in [0.2, 0.25) is 0 Å². The smallest absolute Gasteiger partial charge is 0.333 e. The Bertz CT molecular complexity index is 2030. The van der Waals surface area contributed by atoms with Gasteiger partial charge in [-0.3, -0.25) is 28.8 Å². The number of amides is 5. The van der Waals surface area contributed by atoms with Crippen LogP contribution in [0.25, 0.3) is 0 Å². The van der Waals surface area contributed by atoms with Crippen LogP contribution in [0.5, 0.6) is 0 Å². The standard InChI is InChI=1S/C44H60N6O10S/c1-5-15-33(39(53)41(55)45-26-36(52)48-38(30-20-10-7-11-21-30)43(57)60-44(2,3)4)46-40(54)34-25-31-27-50(34)42(56)37(29-18-8-6-9-19-29)47-35(51)23-13-12-16-28-17-14-22-32(24-28)61(58,59)49-31/h7,10-11,14,17,20-22,24,29,31,33-34,37-38,49H,5-6,8-9,12-13,15-16,18-19,23,25-27H2,1-4H3,(H,45,55)(H,46,54)(H,47,51)(H,48,52)/t31-,33?,34?,37?,38+/m1/s1. The summed E-state index contributed by atoms with van der Waals surface area (Å²) in [4.78, 5) is 96.5. The van der Waals surface area contributed by atoms with Gasteiger partial charge in [0.25, 0.3) is 5.91 Å². The van der Waals surface area contributed by atoms with Crippen LogP contribution < -0.4 is 26.0 Å². The Balaban J connectivity index is 1.33. The van der Waals surface area contributed by atoms with E-state index >= 15 is 0 Å². The minimum absolute atomic E-state index is 0.0345. The summed E-state index contributed by atoms with van der Waals surface area (Å²) in [6.45, 7) is 5.95. The van der Waals surface area contributed by atoms with Crippen LogP contribution >= 0.6 is 0 Å². The number of aryl methyl sites for hydroxylation is 1. The number of ketones is 1. The third-order valence-electron chi connectivity index (χ3n) is 11.2. The first-order valence-electron chi connectivity index (χ1n) is 21.4. The molecule has 5 N–H and O–H groups in total. The fourth-order valence-corrected chi connectivity index (χ4v) is 9.49. The van der Waals surface area contributed by atoms with Gasteiger partial charge in [-0.2, -0.15) is 0 Å². The largest absolute Gasteiger partial charge is 0.458 e. The normalized spacial score (nSPS) is 22.2. The van der Waals surface area contributed by atoms with E-state index in [0.717, 1.165) is 24.8 Å². The third kappa shape index (κ3) is 13.2. The van der Waals surface area contributed by atoms with E-state index < -0.39 is 87.8 Å². The number of carbonyl (C=O) groups excluding carboxylic acids is 7. The summed E-state index contributed by atoms with van der Waals surface area (Å²) in [7, 11) is -4.09. The van der Waals surface area contributed by atoms with Gasteiger partial charge in [-0.05, 0) is 94.9 Å². The summed E-state index contributed by atoms with van der Waals surface area (Å²) in [6.07, 6.45) is 6.28. The molecule has 4 bridgehead atoms. The lowest BCUT2D eigenvalue weighted by molar-refractivity contribution is -0.158. The predicted octanol–water partition coefficient (Wildman–Crippen LogP) is 2.90. The molecule has 2 fully saturated rings. The fraction of sp³-hybridized carbons (Fsp3) is 0.568. The van der Waals surface area contributed by atoms with Crippen molar-refractivity contribution in [1.29, 1.82) is 0 Å². The van der Waals surface area contributed by atoms with Gasteiger partial charge in [0.15, 0.2) is 6.04 Å². The van der Waals surface area contributed by atoms with Gasteiger partial charge in [0, 0.05) is 19.0 Å². The molecule has 17 heteroatoms. The van der Waals surface area contributed by atoms with Gasteiger partial charge in [-0.25, -0.2) is 17.9 Å². The molecule has 3 aliphatic rings. The topological polar surface area (TPSA) is 226 Å². The second-order valence-corrected chi connectivity index (χ2v) is 18.9. The van der Waals surface area contributed by atoms with E-state index in [0.29, 0.717) is 44.1 Å². The lowest BCUT2D eigenvalue weighted by atomic mass is 9.83. The number of benzene rings is 2. The van der Waals surface area contributed by atoms with Gasteiger partial charge < -0.3 is 30.9 Å². The van der Waals surface area contributed by atoms with Crippen molar-refractivity contribution in [1.82, 2.24) is 30.9 Å². The molecular formula is C44H60N6O10S. The molecule has 332 valence electrons. The van der Waals surface area contributed by atoms with Gasteiger partial charge in [-0.1, -0.05) is 75.1 Å². The third-order valence-corrected chi connectivity index (χ3v) is 12.7. The first kappa shape index (κ1) is 46.9. The highest BCUT2D eigenvalue weighted by Crippen LogP contribution is 2.30. The van der Waals surface area contributed by atoms with E-state index in [2.05, 4.69) is 26.0 Å². The number of fused-ring (bicyclic) bond motifs is 4. The van der Waals surface area contributed by atoms with E-state index in [1.165, 1.54) is 11.0 Å². The molecule has 2 aromatic carbocycles. The number of hydrogen-bond acceptors (Lipinski definition) is 10. The van der Waals surface area contributed by atoms with Crippen LogP contribution in [-0.2, 0) is 54.7 Å². The first-order valence-corrected chi connectivity index (χ1v) is 22.8. The Morgan fingerprint density at radius 2 is 1.61 bits per heavy atom. The maximum absolute atomic E-state index is 14.6. The number of carbonyl (C=O) groups is 7. The number of Topliss-reactive ketones (excluding diaryl/α,β-unsaturated/α-hetero) is 1. The van der Waals surface area contributed by atoms with E-state index in [1.54, 1.807) is 70.2 Å². The van der Waals surface area contributed by atoms with Crippen molar-refractivity contribution < 1.29 is 46.7 Å². The number of nitrogens with one attached hydrogen (secondary N) is 5. The molecule has 2 aliphatic heterocycles. The maximum atomic E-state index is 14.6. The van der Waals surface area contributed by atoms with Crippen LogP contribution in [0.1, 0.15) is 115 Å². The van der Waals surface area contributed by atoms with Gasteiger partial charge >= 0.3 is 5.97 Å². The Labute approximate surface area is 358 Å². The van der Waals surface area contributed by atoms with Gasteiger partial charge in [0.2, 0.25) is 39.4 Å². The summed E-state index contributed by atoms with van der Waals surface area (Å²) < 4.78 is 35.6. The molecule has 2 aromatic rings. The highest BCUT2D eigenvalue weighted by molar-refractivity contribution is 7.89. The maximum Gasteiger partial charge on any atom is 0.333 e. The quantitative estimate of drug-likeness (QED) is 0.155. The van der Waals surface area contributed by atoms with Gasteiger partial charge in [-0.15, -0.1) is 0 Å². The van der Waals surface area contributed by atoms with Crippen LogP contribution in [0, 0.1) is 5.92 Å². The molecule has 5 rings (SSSR count). The molecule has 0 spiro atoms. The lowest BCUT2D eigenvalue weighted by Gasteiger charge is -2.35. The van der Waals surface area contributed by atoms with Crippen molar-refractivity contribution in [2.24, 2.45) is 5.92 Å². The van der Waals surface area contributed by atoms with E-state index in [4.69, 9.17) is 4.74 Å². The number of hydrogen-bond donors (Lipinski definition) is 5. The summed E-state index contributed by atoms with van der Waals surface area (Å²) in [6, 6.07) is 9.27. The molecule has 0 radical (unpaired) electrons. The summed E-state index contributed by atoms with van der Waals surface area (Å²) in [5, 5.41) is 10.5. The Morgan fingerprint density at radius 1 is 0.902 bits per heavy atom. The zero-order valence-electron chi connectivity index (χ0n) is 35.5. The van der Waals surface area contributed by atoms with Gasteiger partial charge in [0.1, 0.15) is 17.7 Å². The number of esters is 1. The number of sulfonamides is 1. The van der Waals surface area contributed by atoms with Crippen LogP contribution in [0.4, 0.5) is 0 Å². The Morgan fingerprint density at radius 3 is 2.30 bits per heavy atom. The van der Waals surface area contributed by atoms with Crippen molar-refractivity contribution in [2.45, 2.75) is 145 Å². The minimum Gasteiger partial charge on any atom is -0.458 e. The second-order valence-electron chi connectivity index (χ2n) is 17.2. The average Bonchev–Trinajstić information content (AvgIpc) is 3.65. The van der Waals surface area contributed by atoms with Crippen molar-refractivity contribution in [3.8, 4) is 0 Å². The highest BCUT2D eigenvalue weighted by atomic mass is 32.2. The molecule has 1 aliphatic carbocycles. The highest BCUT2D eigenvalue weighted by Gasteiger charge is 2.46. The molecule has 16 nitrogen and oxygen atoms in total. The molecule has 5 amide bonds. The zero-order valence-corrected chi connectivity index (χ0v) is 36.3. The minimum atomic E-state index is -4.09. The lowest BCUT2D eigenvalue weighted by Crippen LogP contribution is -2.58. The summed E-state index contributed by atoms with van der Waals surface area (Å²) in [5.41, 5.74) is 0.389. The summed E-state index contributed by atoms with van der Waals surface area (Å²) >= 11 is 0. The zero-order chi connectivity index (χ0) is 44.3. The molecule has 5 atom stereocenters. The molecule has 3 unspecified atom stereocenters. The molecule has 1 saturated heterocycles. The monoisotopic (exact) mass is 864 g/mol. The fourth-order valence-electron chi connectivity index (χ4n) is 8.18. The molecule has 61 heavy (non-hydrogen) atoms. The van der Waals surface area contributed by atoms with Crippen LogP contribution in [-0.4, -0.2) is 97.5 Å². The van der Waals surface area contributed by atoms with Crippen LogP contribution in [0.15, 0.2) is 59.5 Å². The second kappa shape index (κ2) is 21.1. The SMILES string of the molecule is CCCC(NC(=O)C1C[C@@H]2CN1C(=O)C(C1CCCCC1)NC(=O)CCCCc1cccc(c1)S(=O)(=O)N2)C(=O)C(=O)NCC(=O)N[C@H](C(=O)OC(C)(C)C)c1ccccc1. The molecular weight excluding hydrogens is 805 g/mol. The number of nitrogens with zero attached hydrogens (tertiary/aromatic N) is 1. The molecule has 0 aromatic heterocycles. The van der Waals surface area contributed by atoms with Gasteiger partial charge in [0.05, 0.1) is 17.5 Å². The summed E-state index contributed by atoms with van der Waals surface area (Å²) in [5.74, 6) is -5.46. The Kier molecular flexibility index (Phi) is 16.2. The average molecular weight is 865 g/mol. The number of rotatable bonds is 12. The number of ether oxygens (including phenoxy) is 1. The molecule has 1 saturated carbocycles. The van der Waals surface area contributed by atoms with Crippen molar-refractivity contribution in [3.63, 3.8) is 0 Å². The van der Waals surface area contributed by atoms with E-state index in [1.807, 2.05) is 6.07 Å². The Hall–Kier alpha value is -5.16. The van der Waals surface area contributed by atoms with Crippen LogP contribution in [0.3, 0.4) is 0 Å². The van der Waals surface area contributed by atoms with Crippen molar-refractivity contribution in [3.05, 3.63) is 65.7 Å². The first-order chi connectivity index (χ1) is 29.0. The van der Waals surface area contributed by atoms with E-state index in [-0.39, 0.29) is 42.5 Å². The predicted molar refractivity (Wildman–Crippen MR) is 225 cm³/mol. The van der Waals surface area contributed by atoms with E-state index in [9.17, 15) is 42.0 Å². The molecule has 2 heterocycles. The van der Waals surface area contributed by atoms with Crippen molar-refractivity contribution >= 4 is 51.3 Å². The van der Waals surface area contributed by atoms with Crippen molar-refractivity contribution in [2.75, 3.05) is 13.1 Å².